The molecule has 0 bridgehead atoms. The van der Waals surface area contributed by atoms with Gasteiger partial charge in [0.25, 0.3) is 0 Å². The molecule has 1 aromatic carbocycles. The number of hydrogen-bond donors (Lipinski definition) is 2. The van der Waals surface area contributed by atoms with E-state index in [1.165, 1.54) is 6.07 Å². The van der Waals surface area contributed by atoms with Gasteiger partial charge in [-0.2, -0.15) is 0 Å². The monoisotopic (exact) mass is 266 g/mol. The molecule has 0 heterocycles. The molecule has 5 nitrogen and oxygen atoms in total. The molecule has 19 heavy (non-hydrogen) atoms. The molecule has 0 aliphatic carbocycles. The fourth-order valence-corrected chi connectivity index (χ4v) is 1.79. The molecule has 0 amide bonds. The first-order valence-electron chi connectivity index (χ1n) is 6.27. The van der Waals surface area contributed by atoms with Gasteiger partial charge in [-0.15, -0.1) is 0 Å². The minimum absolute atomic E-state index is 0.155. The number of aryl methyl sites for hydroxylation is 1. The predicted octanol–water partition coefficient (Wildman–Crippen LogP) is 2.82. The molecular weight excluding hydrogens is 248 g/mol. The van der Waals surface area contributed by atoms with Crippen LogP contribution in [0.4, 0.5) is 0 Å². The van der Waals surface area contributed by atoms with E-state index in [9.17, 15) is 9.59 Å². The number of aromatic carboxylic acids is 2. The molecule has 2 N–H and O–H groups in total. The van der Waals surface area contributed by atoms with Crippen LogP contribution in [0.2, 0.25) is 0 Å². The second-order valence-electron chi connectivity index (χ2n) is 4.17. The van der Waals surface area contributed by atoms with Crippen LogP contribution in [0, 0.1) is 0 Å². The smallest absolute Gasteiger partial charge is 0.336 e. The van der Waals surface area contributed by atoms with Crippen molar-refractivity contribution < 1.29 is 24.5 Å². The number of carboxylic acid groups (broad SMARTS) is 2. The Bertz CT molecular complexity index is 479. The van der Waals surface area contributed by atoms with Crippen molar-refractivity contribution in [2.45, 2.75) is 33.1 Å². The lowest BCUT2D eigenvalue weighted by atomic mass is 9.98. The standard InChI is InChI=1S/C14H18O5/c1-3-5-6-19-10-7-9(4-2)12(14(17)18)11(8-10)13(15)16/h7-8H,3-6H2,1-2H3,(H,15,16)(H,17,18). The lowest BCUT2D eigenvalue weighted by Gasteiger charge is -2.12. The number of unbranched alkanes of at least 4 members (excludes halogenated alkanes) is 1. The zero-order valence-corrected chi connectivity index (χ0v) is 11.1. The van der Waals surface area contributed by atoms with Crippen molar-refractivity contribution >= 4 is 11.9 Å². The number of benzene rings is 1. The van der Waals surface area contributed by atoms with Gasteiger partial charge in [-0.1, -0.05) is 20.3 Å². The third kappa shape index (κ3) is 3.71. The van der Waals surface area contributed by atoms with E-state index in [2.05, 4.69) is 0 Å². The van der Waals surface area contributed by atoms with Crippen LogP contribution >= 0.6 is 0 Å². The lowest BCUT2D eigenvalue weighted by molar-refractivity contribution is 0.0650. The predicted molar refractivity (Wildman–Crippen MR) is 70.1 cm³/mol. The van der Waals surface area contributed by atoms with Gasteiger partial charge in [0, 0.05) is 0 Å². The highest BCUT2D eigenvalue weighted by Crippen LogP contribution is 2.24. The highest BCUT2D eigenvalue weighted by atomic mass is 16.5. The van der Waals surface area contributed by atoms with Crippen molar-refractivity contribution in [3.8, 4) is 5.75 Å². The molecule has 1 rings (SSSR count). The largest absolute Gasteiger partial charge is 0.494 e. The summed E-state index contributed by atoms with van der Waals surface area (Å²) in [5.74, 6) is -2.07. The number of hydrogen-bond acceptors (Lipinski definition) is 3. The Labute approximate surface area is 111 Å². The Kier molecular flexibility index (Phi) is 5.36. The number of ether oxygens (including phenoxy) is 1. The van der Waals surface area contributed by atoms with Crippen LogP contribution in [0.25, 0.3) is 0 Å². The van der Waals surface area contributed by atoms with E-state index in [1.54, 1.807) is 13.0 Å². The summed E-state index contributed by atoms with van der Waals surface area (Å²) < 4.78 is 5.46. The molecular formula is C14H18O5. The first-order valence-corrected chi connectivity index (χ1v) is 6.27. The highest BCUT2D eigenvalue weighted by Gasteiger charge is 2.21. The van der Waals surface area contributed by atoms with Gasteiger partial charge in [0.1, 0.15) is 5.75 Å². The Morgan fingerprint density at radius 2 is 1.84 bits per heavy atom. The van der Waals surface area contributed by atoms with E-state index in [0.29, 0.717) is 24.3 Å². The van der Waals surface area contributed by atoms with Crippen molar-refractivity contribution in [2.75, 3.05) is 6.61 Å². The first kappa shape index (κ1) is 15.0. The number of carboxylic acids is 2. The molecule has 0 saturated carbocycles. The molecule has 0 saturated heterocycles. The molecule has 0 fully saturated rings. The van der Waals surface area contributed by atoms with Gasteiger partial charge in [-0.3, -0.25) is 0 Å². The van der Waals surface area contributed by atoms with Gasteiger partial charge in [0.05, 0.1) is 17.7 Å². The maximum Gasteiger partial charge on any atom is 0.336 e. The minimum atomic E-state index is -1.26. The maximum absolute atomic E-state index is 11.2. The lowest BCUT2D eigenvalue weighted by Crippen LogP contribution is -2.12. The minimum Gasteiger partial charge on any atom is -0.494 e. The number of carbonyl (C=O) groups is 2. The summed E-state index contributed by atoms with van der Waals surface area (Å²) in [6.45, 7) is 4.30. The number of rotatable bonds is 7. The van der Waals surface area contributed by atoms with E-state index < -0.39 is 11.9 Å². The summed E-state index contributed by atoms with van der Waals surface area (Å²) in [5.41, 5.74) is 0.0927. The molecule has 0 radical (unpaired) electrons. The van der Waals surface area contributed by atoms with E-state index in [4.69, 9.17) is 14.9 Å². The summed E-state index contributed by atoms with van der Waals surface area (Å²) in [6, 6.07) is 2.88. The van der Waals surface area contributed by atoms with Crippen LogP contribution in [0.5, 0.6) is 5.75 Å². The molecule has 0 aromatic heterocycles. The average Bonchev–Trinajstić information content (AvgIpc) is 2.37. The fourth-order valence-electron chi connectivity index (χ4n) is 1.79. The summed E-state index contributed by atoms with van der Waals surface area (Å²) in [5, 5.41) is 18.2. The Hall–Kier alpha value is -2.04. The molecule has 0 unspecified atom stereocenters. The van der Waals surface area contributed by atoms with E-state index >= 15 is 0 Å². The Morgan fingerprint density at radius 3 is 2.32 bits per heavy atom. The van der Waals surface area contributed by atoms with Crippen molar-refractivity contribution in [3.63, 3.8) is 0 Å². The molecule has 0 aliphatic rings. The topological polar surface area (TPSA) is 83.8 Å². The third-order valence-corrected chi connectivity index (χ3v) is 2.79. The van der Waals surface area contributed by atoms with Crippen LogP contribution in [-0.4, -0.2) is 28.8 Å². The Morgan fingerprint density at radius 1 is 1.16 bits per heavy atom. The molecule has 5 heteroatoms. The van der Waals surface area contributed by atoms with Crippen molar-refractivity contribution in [3.05, 3.63) is 28.8 Å². The normalized spacial score (nSPS) is 10.2. The SMILES string of the molecule is CCCCOc1cc(CC)c(C(=O)O)c(C(=O)O)c1. The summed E-state index contributed by atoms with van der Waals surface area (Å²) in [7, 11) is 0. The summed E-state index contributed by atoms with van der Waals surface area (Å²) in [4.78, 5) is 22.3. The molecule has 104 valence electrons. The fraction of sp³-hybridized carbons (Fsp3) is 0.429. The van der Waals surface area contributed by atoms with E-state index in [-0.39, 0.29) is 11.1 Å². The second-order valence-corrected chi connectivity index (χ2v) is 4.17. The van der Waals surface area contributed by atoms with Crippen molar-refractivity contribution in [2.24, 2.45) is 0 Å². The summed E-state index contributed by atoms with van der Waals surface area (Å²) in [6.07, 6.45) is 2.27. The summed E-state index contributed by atoms with van der Waals surface area (Å²) >= 11 is 0. The maximum atomic E-state index is 11.2. The molecule has 0 spiro atoms. The van der Waals surface area contributed by atoms with Crippen molar-refractivity contribution in [1.29, 1.82) is 0 Å². The Balaban J connectivity index is 3.20. The zero-order valence-electron chi connectivity index (χ0n) is 11.1. The van der Waals surface area contributed by atoms with Gasteiger partial charge in [0.15, 0.2) is 0 Å². The van der Waals surface area contributed by atoms with Crippen LogP contribution in [0.3, 0.4) is 0 Å². The van der Waals surface area contributed by atoms with Crippen molar-refractivity contribution in [1.82, 2.24) is 0 Å². The van der Waals surface area contributed by atoms with E-state index in [0.717, 1.165) is 12.8 Å². The average molecular weight is 266 g/mol. The van der Waals surface area contributed by atoms with Crippen LogP contribution in [0.15, 0.2) is 12.1 Å². The molecule has 0 atom stereocenters. The van der Waals surface area contributed by atoms with Crippen LogP contribution < -0.4 is 4.74 Å². The third-order valence-electron chi connectivity index (χ3n) is 2.79. The van der Waals surface area contributed by atoms with Gasteiger partial charge in [0.2, 0.25) is 0 Å². The van der Waals surface area contributed by atoms with Gasteiger partial charge in [-0.25, -0.2) is 9.59 Å². The van der Waals surface area contributed by atoms with Crippen LogP contribution in [-0.2, 0) is 6.42 Å². The zero-order chi connectivity index (χ0) is 14.4. The first-order chi connectivity index (χ1) is 9.01. The van der Waals surface area contributed by atoms with Gasteiger partial charge < -0.3 is 14.9 Å². The van der Waals surface area contributed by atoms with E-state index in [1.807, 2.05) is 6.92 Å². The second kappa shape index (κ2) is 6.78. The van der Waals surface area contributed by atoms with Gasteiger partial charge in [-0.05, 0) is 30.5 Å². The highest BCUT2D eigenvalue weighted by molar-refractivity contribution is 6.03. The molecule has 0 aliphatic heterocycles. The van der Waals surface area contributed by atoms with Gasteiger partial charge >= 0.3 is 11.9 Å². The quantitative estimate of drug-likeness (QED) is 0.741. The van der Waals surface area contributed by atoms with Crippen LogP contribution in [0.1, 0.15) is 53.0 Å². The molecule has 1 aromatic rings.